The van der Waals surface area contributed by atoms with Gasteiger partial charge in [-0.05, 0) is 29.8 Å². The molecule has 0 aromatic heterocycles. The Morgan fingerprint density at radius 3 is 2.54 bits per heavy atom. The molecule has 0 radical (unpaired) electrons. The third kappa shape index (κ3) is 3.24. The van der Waals surface area contributed by atoms with Crippen molar-refractivity contribution >= 4 is 23.2 Å². The summed E-state index contributed by atoms with van der Waals surface area (Å²) in [6.45, 7) is 2.72. The van der Waals surface area contributed by atoms with Crippen LogP contribution in [0.2, 0.25) is 5.02 Å². The summed E-state index contributed by atoms with van der Waals surface area (Å²) in [6, 6.07) is 13.7. The Balaban J connectivity index is 1.42. The van der Waals surface area contributed by atoms with Gasteiger partial charge in [0.2, 0.25) is 0 Å². The number of hydrogen-bond donors (Lipinski definition) is 2. The molecule has 2 N–H and O–H groups in total. The average Bonchev–Trinajstić information content (AvgIpc) is 2.64. The minimum atomic E-state index is -0.384. The van der Waals surface area contributed by atoms with Gasteiger partial charge in [-0.25, -0.2) is 0 Å². The molecule has 5 nitrogen and oxygen atoms in total. The van der Waals surface area contributed by atoms with E-state index in [0.29, 0.717) is 10.6 Å². The number of carbonyl (C=O) groups excluding carboxylic acids is 1. The molecule has 1 spiro atoms. The molecule has 2 aliphatic rings. The number of fused-ring (bicyclic) bond motifs is 1. The summed E-state index contributed by atoms with van der Waals surface area (Å²) >= 11 is 6.18. The number of likely N-dealkylation sites (tertiary alicyclic amines) is 1. The van der Waals surface area contributed by atoms with Crippen LogP contribution in [0, 0.1) is 0 Å². The van der Waals surface area contributed by atoms with Crippen LogP contribution in [0.3, 0.4) is 0 Å². The Labute approximate surface area is 158 Å². The summed E-state index contributed by atoms with van der Waals surface area (Å²) < 4.78 is 5.21. The highest BCUT2D eigenvalue weighted by molar-refractivity contribution is 6.34. The van der Waals surface area contributed by atoms with E-state index in [4.69, 9.17) is 16.3 Å². The largest absolute Gasteiger partial charge is 0.497 e. The standard InChI is InChI=1S/C20H22ClN3O2/c1-26-15-7-5-14(6-8-15)13-24-11-9-20(10-12-24)22-17-4-2-3-16(21)18(17)19(25)23-20/h2-8,22H,9-13H2,1H3,(H,23,25). The highest BCUT2D eigenvalue weighted by Crippen LogP contribution is 2.34. The van der Waals surface area contributed by atoms with E-state index in [1.165, 1.54) is 5.56 Å². The van der Waals surface area contributed by atoms with Crippen LogP contribution in [0.1, 0.15) is 28.8 Å². The summed E-state index contributed by atoms with van der Waals surface area (Å²) in [5.41, 5.74) is 2.25. The predicted octanol–water partition coefficient (Wildman–Crippen LogP) is 3.50. The van der Waals surface area contributed by atoms with E-state index in [2.05, 4.69) is 27.7 Å². The zero-order valence-corrected chi connectivity index (χ0v) is 15.5. The van der Waals surface area contributed by atoms with E-state index in [-0.39, 0.29) is 11.6 Å². The molecule has 4 rings (SSSR count). The summed E-state index contributed by atoms with van der Waals surface area (Å²) in [7, 11) is 1.68. The molecule has 26 heavy (non-hydrogen) atoms. The van der Waals surface area contributed by atoms with Gasteiger partial charge in [0.25, 0.3) is 5.91 Å². The smallest absolute Gasteiger partial charge is 0.256 e. The van der Waals surface area contributed by atoms with Gasteiger partial charge in [-0.15, -0.1) is 0 Å². The highest BCUT2D eigenvalue weighted by atomic mass is 35.5. The summed E-state index contributed by atoms with van der Waals surface area (Å²) in [5, 5.41) is 7.16. The Kier molecular flexibility index (Phi) is 4.51. The van der Waals surface area contributed by atoms with Gasteiger partial charge in [0.15, 0.2) is 0 Å². The van der Waals surface area contributed by atoms with Gasteiger partial charge in [0.1, 0.15) is 11.4 Å². The molecule has 1 fully saturated rings. The fourth-order valence-corrected chi connectivity index (χ4v) is 4.02. The Bertz CT molecular complexity index is 814. The van der Waals surface area contributed by atoms with Crippen molar-refractivity contribution in [2.45, 2.75) is 25.0 Å². The van der Waals surface area contributed by atoms with Crippen LogP contribution in [-0.4, -0.2) is 36.7 Å². The lowest BCUT2D eigenvalue weighted by atomic mass is 9.92. The zero-order chi connectivity index (χ0) is 18.1. The van der Waals surface area contributed by atoms with Gasteiger partial charge in [-0.1, -0.05) is 29.8 Å². The van der Waals surface area contributed by atoms with Crippen LogP contribution < -0.4 is 15.4 Å². The first-order valence-corrected chi connectivity index (χ1v) is 9.21. The molecule has 136 valence electrons. The van der Waals surface area contributed by atoms with Gasteiger partial charge < -0.3 is 15.4 Å². The summed E-state index contributed by atoms with van der Waals surface area (Å²) in [5.74, 6) is 0.783. The Morgan fingerprint density at radius 2 is 1.85 bits per heavy atom. The molecule has 2 heterocycles. The zero-order valence-electron chi connectivity index (χ0n) is 14.7. The highest BCUT2D eigenvalue weighted by Gasteiger charge is 2.40. The van der Waals surface area contributed by atoms with Crippen molar-refractivity contribution in [3.05, 3.63) is 58.6 Å². The summed E-state index contributed by atoms with van der Waals surface area (Å²) in [6.07, 6.45) is 1.70. The second kappa shape index (κ2) is 6.82. The van der Waals surface area contributed by atoms with Crippen LogP contribution in [-0.2, 0) is 6.54 Å². The normalized spacial score (nSPS) is 18.8. The first-order valence-electron chi connectivity index (χ1n) is 8.83. The number of rotatable bonds is 3. The Morgan fingerprint density at radius 1 is 1.12 bits per heavy atom. The second-order valence-corrected chi connectivity index (χ2v) is 7.36. The van der Waals surface area contributed by atoms with Crippen molar-refractivity contribution in [3.63, 3.8) is 0 Å². The molecular formula is C20H22ClN3O2. The molecule has 2 aromatic carbocycles. The molecule has 0 unspecified atom stereocenters. The van der Waals surface area contributed by atoms with Crippen molar-refractivity contribution in [1.29, 1.82) is 0 Å². The number of ether oxygens (including phenoxy) is 1. The molecular weight excluding hydrogens is 350 g/mol. The van der Waals surface area contributed by atoms with Crippen LogP contribution in [0.15, 0.2) is 42.5 Å². The van der Waals surface area contributed by atoms with Gasteiger partial charge in [-0.2, -0.15) is 0 Å². The number of methoxy groups -OCH3 is 1. The number of carbonyl (C=O) groups is 1. The van der Waals surface area contributed by atoms with Crippen LogP contribution >= 0.6 is 11.6 Å². The van der Waals surface area contributed by atoms with Gasteiger partial charge >= 0.3 is 0 Å². The minimum Gasteiger partial charge on any atom is -0.497 e. The van der Waals surface area contributed by atoms with E-state index in [9.17, 15) is 4.79 Å². The quantitative estimate of drug-likeness (QED) is 0.867. The molecule has 0 bridgehead atoms. The third-order valence-electron chi connectivity index (χ3n) is 5.24. The number of nitrogens with one attached hydrogen (secondary N) is 2. The van der Waals surface area contributed by atoms with Crippen LogP contribution in [0.4, 0.5) is 5.69 Å². The van der Waals surface area contributed by atoms with Crippen molar-refractivity contribution in [2.75, 3.05) is 25.5 Å². The number of amides is 1. The number of piperidine rings is 1. The minimum absolute atomic E-state index is 0.0899. The van der Waals surface area contributed by atoms with E-state index < -0.39 is 0 Å². The monoisotopic (exact) mass is 371 g/mol. The molecule has 0 atom stereocenters. The SMILES string of the molecule is COc1ccc(CN2CCC3(CC2)NC(=O)c2c(Cl)cccc2N3)cc1. The third-order valence-corrected chi connectivity index (χ3v) is 5.56. The van der Waals surface area contributed by atoms with E-state index in [0.717, 1.165) is 43.9 Å². The number of halogens is 1. The lowest BCUT2D eigenvalue weighted by Crippen LogP contribution is -2.62. The van der Waals surface area contributed by atoms with Crippen LogP contribution in [0.5, 0.6) is 5.75 Å². The first kappa shape index (κ1) is 17.2. The first-order chi connectivity index (χ1) is 12.6. The lowest BCUT2D eigenvalue weighted by Gasteiger charge is -2.46. The second-order valence-electron chi connectivity index (χ2n) is 6.95. The topological polar surface area (TPSA) is 53.6 Å². The van der Waals surface area contributed by atoms with Crippen molar-refractivity contribution in [2.24, 2.45) is 0 Å². The molecule has 6 heteroatoms. The Hall–Kier alpha value is -2.24. The molecule has 1 saturated heterocycles. The molecule has 1 amide bonds. The van der Waals surface area contributed by atoms with Crippen molar-refractivity contribution in [3.8, 4) is 5.75 Å². The molecule has 2 aliphatic heterocycles. The lowest BCUT2D eigenvalue weighted by molar-refractivity contribution is 0.0822. The maximum absolute atomic E-state index is 12.6. The van der Waals surface area contributed by atoms with Crippen molar-refractivity contribution in [1.82, 2.24) is 10.2 Å². The maximum Gasteiger partial charge on any atom is 0.256 e. The van der Waals surface area contributed by atoms with E-state index in [1.54, 1.807) is 13.2 Å². The molecule has 2 aromatic rings. The average molecular weight is 372 g/mol. The van der Waals surface area contributed by atoms with E-state index in [1.807, 2.05) is 24.3 Å². The maximum atomic E-state index is 12.6. The van der Waals surface area contributed by atoms with Crippen molar-refractivity contribution < 1.29 is 9.53 Å². The number of benzene rings is 2. The number of hydrogen-bond acceptors (Lipinski definition) is 4. The van der Waals surface area contributed by atoms with Crippen LogP contribution in [0.25, 0.3) is 0 Å². The van der Waals surface area contributed by atoms with E-state index >= 15 is 0 Å². The van der Waals surface area contributed by atoms with Gasteiger partial charge in [0.05, 0.1) is 23.4 Å². The molecule has 0 saturated carbocycles. The fraction of sp³-hybridized carbons (Fsp3) is 0.350. The number of nitrogens with zero attached hydrogens (tertiary/aromatic N) is 1. The van der Waals surface area contributed by atoms with Gasteiger partial charge in [0, 0.05) is 32.5 Å². The summed E-state index contributed by atoms with van der Waals surface area (Å²) in [4.78, 5) is 15.0. The van der Waals surface area contributed by atoms with Gasteiger partial charge in [-0.3, -0.25) is 9.69 Å². The fourth-order valence-electron chi connectivity index (χ4n) is 3.76. The predicted molar refractivity (Wildman–Crippen MR) is 103 cm³/mol. The molecule has 0 aliphatic carbocycles. The number of anilines is 1.